The van der Waals surface area contributed by atoms with Gasteiger partial charge in [-0.2, -0.15) is 0 Å². The van der Waals surface area contributed by atoms with E-state index in [1.165, 1.54) is 5.56 Å². The van der Waals surface area contributed by atoms with Crippen molar-refractivity contribution in [3.05, 3.63) is 65.5 Å². The molecular weight excluding hydrogens is 287 g/mol. The van der Waals surface area contributed by atoms with E-state index in [4.69, 9.17) is 0 Å². The predicted molar refractivity (Wildman–Crippen MR) is 96.2 cm³/mol. The van der Waals surface area contributed by atoms with Crippen molar-refractivity contribution in [1.29, 1.82) is 0 Å². The minimum Gasteiger partial charge on any atom is -0.369 e. The van der Waals surface area contributed by atoms with E-state index in [1.54, 1.807) is 6.07 Å². The molecule has 0 aromatic heterocycles. The third-order valence-electron chi connectivity index (χ3n) is 4.02. The molecule has 0 saturated carbocycles. The number of nitrogens with one attached hydrogen (secondary N) is 1. The monoisotopic (exact) mass is 314 g/mol. The van der Waals surface area contributed by atoms with Crippen LogP contribution >= 0.6 is 0 Å². The van der Waals surface area contributed by atoms with Gasteiger partial charge in [0, 0.05) is 26.2 Å². The molecule has 0 atom stereocenters. The second-order valence-electron chi connectivity index (χ2n) is 5.81. The first-order valence-corrected chi connectivity index (χ1v) is 8.52. The molecule has 0 spiro atoms. The first kappa shape index (κ1) is 17.5. The van der Waals surface area contributed by atoms with Crippen molar-refractivity contribution in [2.24, 2.45) is 0 Å². The smallest absolute Gasteiger partial charge is 0.146 e. The maximum Gasteiger partial charge on any atom is 0.146 e. The van der Waals surface area contributed by atoms with Gasteiger partial charge in [0.15, 0.2) is 0 Å². The van der Waals surface area contributed by atoms with Crippen molar-refractivity contribution in [2.75, 3.05) is 18.0 Å². The van der Waals surface area contributed by atoms with Crippen molar-refractivity contribution in [1.82, 2.24) is 5.32 Å². The molecule has 0 fully saturated rings. The van der Waals surface area contributed by atoms with Crippen molar-refractivity contribution < 1.29 is 4.39 Å². The first-order valence-electron chi connectivity index (χ1n) is 8.52. The van der Waals surface area contributed by atoms with Gasteiger partial charge in [0.05, 0.1) is 5.69 Å². The van der Waals surface area contributed by atoms with Gasteiger partial charge in [-0.1, -0.05) is 49.7 Å². The maximum atomic E-state index is 14.2. The van der Waals surface area contributed by atoms with Crippen molar-refractivity contribution in [3.63, 3.8) is 0 Å². The van der Waals surface area contributed by atoms with Crippen molar-refractivity contribution in [2.45, 2.75) is 39.8 Å². The van der Waals surface area contributed by atoms with Gasteiger partial charge in [-0.25, -0.2) is 4.39 Å². The normalized spacial score (nSPS) is 10.7. The lowest BCUT2D eigenvalue weighted by Crippen LogP contribution is -2.25. The van der Waals surface area contributed by atoms with Crippen LogP contribution in [0.3, 0.4) is 0 Å². The zero-order chi connectivity index (χ0) is 16.5. The van der Waals surface area contributed by atoms with E-state index in [1.807, 2.05) is 30.3 Å². The number of nitrogens with zero attached hydrogens (tertiary/aromatic N) is 1. The fraction of sp³-hybridized carbons (Fsp3) is 0.400. The van der Waals surface area contributed by atoms with Gasteiger partial charge in [-0.15, -0.1) is 0 Å². The van der Waals surface area contributed by atoms with Gasteiger partial charge in [0.1, 0.15) is 5.82 Å². The molecule has 2 aromatic rings. The lowest BCUT2D eigenvalue weighted by Gasteiger charge is -2.24. The quantitative estimate of drug-likeness (QED) is 0.719. The lowest BCUT2D eigenvalue weighted by atomic mass is 10.1. The van der Waals surface area contributed by atoms with Crippen LogP contribution in [0.25, 0.3) is 0 Å². The van der Waals surface area contributed by atoms with Crippen LogP contribution in [-0.2, 0) is 13.1 Å². The molecule has 0 aliphatic carbocycles. The predicted octanol–water partition coefficient (Wildman–Crippen LogP) is 4.74. The third-order valence-corrected chi connectivity index (χ3v) is 4.02. The van der Waals surface area contributed by atoms with Crippen LogP contribution in [0.1, 0.15) is 37.8 Å². The Hall–Kier alpha value is -1.87. The number of anilines is 1. The zero-order valence-corrected chi connectivity index (χ0v) is 14.2. The summed E-state index contributed by atoms with van der Waals surface area (Å²) in [4.78, 5) is 2.12. The Morgan fingerprint density at radius 2 is 1.70 bits per heavy atom. The van der Waals surface area contributed by atoms with Gasteiger partial charge >= 0.3 is 0 Å². The molecule has 2 rings (SSSR count). The van der Waals surface area contributed by atoms with Crippen molar-refractivity contribution in [3.8, 4) is 0 Å². The number of hydrogen-bond acceptors (Lipinski definition) is 2. The van der Waals surface area contributed by atoms with Crippen LogP contribution in [0.15, 0.2) is 48.5 Å². The average molecular weight is 314 g/mol. The Labute approximate surface area is 139 Å². The molecule has 1 N–H and O–H groups in total. The Balaban J connectivity index is 1.98. The topological polar surface area (TPSA) is 15.3 Å². The van der Waals surface area contributed by atoms with E-state index in [9.17, 15) is 4.39 Å². The maximum absolute atomic E-state index is 14.2. The largest absolute Gasteiger partial charge is 0.369 e. The van der Waals surface area contributed by atoms with E-state index in [2.05, 4.69) is 36.2 Å². The number of hydrogen-bond donors (Lipinski definition) is 1. The summed E-state index contributed by atoms with van der Waals surface area (Å²) in [6.45, 7) is 7.54. The van der Waals surface area contributed by atoms with Gasteiger partial charge in [-0.3, -0.25) is 0 Å². The molecule has 0 radical (unpaired) electrons. The highest BCUT2D eigenvalue weighted by Crippen LogP contribution is 2.21. The summed E-state index contributed by atoms with van der Waals surface area (Å²) in [6, 6.07) is 15.7. The number of halogens is 1. The van der Waals surface area contributed by atoms with E-state index in [0.29, 0.717) is 0 Å². The second-order valence-corrected chi connectivity index (χ2v) is 5.81. The average Bonchev–Trinajstić information content (AvgIpc) is 2.59. The molecule has 0 amide bonds. The van der Waals surface area contributed by atoms with Gasteiger partial charge in [0.2, 0.25) is 0 Å². The van der Waals surface area contributed by atoms with Crippen LogP contribution in [0.4, 0.5) is 10.1 Å². The molecule has 0 aliphatic heterocycles. The molecule has 3 heteroatoms. The highest BCUT2D eigenvalue weighted by atomic mass is 19.1. The molecule has 2 aromatic carbocycles. The van der Waals surface area contributed by atoms with Gasteiger partial charge < -0.3 is 10.2 Å². The highest BCUT2D eigenvalue weighted by molar-refractivity contribution is 5.50. The van der Waals surface area contributed by atoms with E-state index in [0.717, 1.165) is 50.3 Å². The van der Waals surface area contributed by atoms with Gasteiger partial charge in [-0.05, 0) is 36.6 Å². The summed E-state index contributed by atoms with van der Waals surface area (Å²) in [5, 5.41) is 3.42. The summed E-state index contributed by atoms with van der Waals surface area (Å²) in [7, 11) is 0. The molecule has 0 unspecified atom stereocenters. The Morgan fingerprint density at radius 3 is 2.39 bits per heavy atom. The molecule has 124 valence electrons. The SMILES string of the molecule is CCCCN(CC)c1cc(CNCc2ccccc2)ccc1F. The number of unbranched alkanes of at least 4 members (excludes halogenated alkanes) is 1. The molecular formula is C20H27FN2. The minimum absolute atomic E-state index is 0.130. The molecule has 23 heavy (non-hydrogen) atoms. The molecule has 0 saturated heterocycles. The van der Waals surface area contributed by atoms with E-state index < -0.39 is 0 Å². The lowest BCUT2D eigenvalue weighted by molar-refractivity contribution is 0.611. The van der Waals surface area contributed by atoms with Crippen LogP contribution in [0.2, 0.25) is 0 Å². The Morgan fingerprint density at radius 1 is 0.957 bits per heavy atom. The summed E-state index contributed by atoms with van der Waals surface area (Å²) < 4.78 is 14.2. The number of benzene rings is 2. The van der Waals surface area contributed by atoms with E-state index >= 15 is 0 Å². The summed E-state index contributed by atoms with van der Waals surface area (Å²) in [6.07, 6.45) is 2.21. The fourth-order valence-corrected chi connectivity index (χ4v) is 2.66. The van der Waals surface area contributed by atoms with Crippen LogP contribution in [0.5, 0.6) is 0 Å². The minimum atomic E-state index is -0.130. The van der Waals surface area contributed by atoms with Crippen LogP contribution in [-0.4, -0.2) is 13.1 Å². The Kier molecular flexibility index (Phi) is 7.08. The summed E-state index contributed by atoms with van der Waals surface area (Å²) in [5.41, 5.74) is 3.10. The molecule has 0 heterocycles. The summed E-state index contributed by atoms with van der Waals surface area (Å²) >= 11 is 0. The second kappa shape index (κ2) is 9.31. The van der Waals surface area contributed by atoms with E-state index in [-0.39, 0.29) is 5.82 Å². The third kappa shape index (κ3) is 5.36. The molecule has 0 bridgehead atoms. The molecule has 2 nitrogen and oxygen atoms in total. The highest BCUT2D eigenvalue weighted by Gasteiger charge is 2.10. The van der Waals surface area contributed by atoms with Crippen LogP contribution in [0, 0.1) is 5.82 Å². The van der Waals surface area contributed by atoms with Crippen molar-refractivity contribution >= 4 is 5.69 Å². The van der Waals surface area contributed by atoms with Gasteiger partial charge in [0.25, 0.3) is 0 Å². The first-order chi connectivity index (χ1) is 11.2. The Bertz CT molecular complexity index is 583. The standard InChI is InChI=1S/C20H27FN2/c1-3-5-13-23(4-2)20-14-18(11-12-19(20)21)16-22-15-17-9-7-6-8-10-17/h6-12,14,22H,3-5,13,15-16H2,1-2H3. The number of rotatable bonds is 9. The van der Waals surface area contributed by atoms with Crippen LogP contribution < -0.4 is 10.2 Å². The zero-order valence-electron chi connectivity index (χ0n) is 14.2. The fourth-order valence-electron chi connectivity index (χ4n) is 2.66. The summed E-state index contributed by atoms with van der Waals surface area (Å²) in [5.74, 6) is -0.130. The molecule has 0 aliphatic rings.